The first-order valence-electron chi connectivity index (χ1n) is 10.7. The van der Waals surface area contributed by atoms with Gasteiger partial charge in [0.1, 0.15) is 22.4 Å². The lowest BCUT2D eigenvalue weighted by Gasteiger charge is -2.19. The van der Waals surface area contributed by atoms with Gasteiger partial charge in [-0.2, -0.15) is 8.78 Å². The number of halogens is 7. The van der Waals surface area contributed by atoms with E-state index in [4.69, 9.17) is 0 Å². The normalized spacial score (nSPS) is 11.8. The van der Waals surface area contributed by atoms with Crippen LogP contribution >= 0.6 is 11.3 Å². The fourth-order valence-corrected chi connectivity index (χ4v) is 4.81. The summed E-state index contributed by atoms with van der Waals surface area (Å²) >= 11 is 1.38. The highest BCUT2D eigenvalue weighted by Gasteiger charge is 2.38. The molecule has 0 aliphatic carbocycles. The van der Waals surface area contributed by atoms with Crippen molar-refractivity contribution in [3.8, 4) is 27.4 Å². The van der Waals surface area contributed by atoms with E-state index < -0.39 is 46.5 Å². The first kappa shape index (κ1) is 24.8. The Kier molecular flexibility index (Phi) is 6.15. The van der Waals surface area contributed by atoms with Crippen LogP contribution in [0.2, 0.25) is 0 Å². The summed E-state index contributed by atoms with van der Waals surface area (Å²) in [6, 6.07) is 12.8. The van der Waals surface area contributed by atoms with Crippen LogP contribution in [0.1, 0.15) is 11.1 Å². The van der Waals surface area contributed by atoms with Gasteiger partial charge in [-0.3, -0.25) is 0 Å². The Morgan fingerprint density at radius 3 is 2.08 bits per heavy atom. The minimum Gasteiger partial charge on any atom is -0.429 e. The molecule has 5 rings (SSSR count). The third-order valence-corrected chi connectivity index (χ3v) is 6.62. The molecule has 0 aliphatic rings. The Hall–Kier alpha value is -3.92. The number of aromatic nitrogens is 1. The predicted molar refractivity (Wildman–Crippen MR) is 126 cm³/mol. The highest BCUT2D eigenvalue weighted by atomic mass is 32.1. The fourth-order valence-electron chi connectivity index (χ4n) is 3.75. The molecule has 1 heterocycles. The quantitative estimate of drug-likeness (QED) is 0.166. The minimum atomic E-state index is -4.37. The Balaban J connectivity index is 1.43. The zero-order chi connectivity index (χ0) is 26.5. The molecule has 0 radical (unpaired) electrons. The van der Waals surface area contributed by atoms with Gasteiger partial charge in [-0.1, -0.05) is 24.3 Å². The SMILES string of the molecule is Cc1ccc2nc(-c3ccc(-c4ccc(C(F)(F)Oc5cc(F)c(F)c(F)c5)c(F)c4)c(F)c3)sc2c1. The molecule has 10 heteroatoms. The minimum absolute atomic E-state index is 0.0279. The van der Waals surface area contributed by atoms with Crippen LogP contribution in [0.4, 0.5) is 30.7 Å². The topological polar surface area (TPSA) is 22.1 Å². The lowest BCUT2D eigenvalue weighted by Crippen LogP contribution is -2.23. The van der Waals surface area contributed by atoms with Crippen LogP contribution in [0.5, 0.6) is 5.75 Å². The van der Waals surface area contributed by atoms with Crippen molar-refractivity contribution >= 4 is 21.6 Å². The molecule has 0 bridgehead atoms. The first-order chi connectivity index (χ1) is 17.5. The van der Waals surface area contributed by atoms with Gasteiger partial charge < -0.3 is 4.74 Å². The van der Waals surface area contributed by atoms with Gasteiger partial charge in [-0.05, 0) is 48.4 Å². The van der Waals surface area contributed by atoms with E-state index >= 15 is 0 Å². The van der Waals surface area contributed by atoms with E-state index in [0.717, 1.165) is 21.8 Å². The molecule has 0 atom stereocenters. The van der Waals surface area contributed by atoms with Crippen LogP contribution in [-0.4, -0.2) is 4.98 Å². The largest absolute Gasteiger partial charge is 0.429 e. The van der Waals surface area contributed by atoms with Gasteiger partial charge in [0.05, 0.1) is 15.8 Å². The zero-order valence-electron chi connectivity index (χ0n) is 18.8. The summed E-state index contributed by atoms with van der Waals surface area (Å²) in [6.45, 7) is 1.95. The van der Waals surface area contributed by atoms with Crippen molar-refractivity contribution in [2.75, 3.05) is 0 Å². The van der Waals surface area contributed by atoms with Crippen molar-refractivity contribution < 1.29 is 35.5 Å². The van der Waals surface area contributed by atoms with Gasteiger partial charge in [-0.25, -0.2) is 26.9 Å². The van der Waals surface area contributed by atoms with Crippen LogP contribution in [0.25, 0.3) is 31.9 Å². The van der Waals surface area contributed by atoms with Crippen LogP contribution in [-0.2, 0) is 6.11 Å². The van der Waals surface area contributed by atoms with Gasteiger partial charge in [0, 0.05) is 23.3 Å². The lowest BCUT2D eigenvalue weighted by atomic mass is 10.0. The summed E-state index contributed by atoms with van der Waals surface area (Å²) in [5.74, 6) is -8.58. The number of thiazole rings is 1. The van der Waals surface area contributed by atoms with Gasteiger partial charge in [0.15, 0.2) is 17.5 Å². The smallest absolute Gasteiger partial charge is 0.429 e. The molecular formula is C27H14F7NOS. The average molecular weight is 533 g/mol. The Labute approximate surface area is 209 Å². The molecule has 4 aromatic carbocycles. The summed E-state index contributed by atoms with van der Waals surface area (Å²) in [4.78, 5) is 4.50. The summed E-state index contributed by atoms with van der Waals surface area (Å²) in [7, 11) is 0. The van der Waals surface area contributed by atoms with Crippen molar-refractivity contribution in [3.63, 3.8) is 0 Å². The number of alkyl halides is 2. The molecule has 188 valence electrons. The number of hydrogen-bond acceptors (Lipinski definition) is 3. The molecule has 0 aliphatic heterocycles. The predicted octanol–water partition coefficient (Wildman–Crippen LogP) is 8.76. The monoisotopic (exact) mass is 533 g/mol. The van der Waals surface area contributed by atoms with Crippen LogP contribution in [0, 0.1) is 36.0 Å². The number of ether oxygens (including phenoxy) is 1. The summed E-state index contributed by atoms with van der Waals surface area (Å²) in [5.41, 5.74) is 0.988. The third kappa shape index (κ3) is 4.76. The molecule has 37 heavy (non-hydrogen) atoms. The van der Waals surface area contributed by atoms with E-state index in [1.165, 1.54) is 23.5 Å². The molecule has 0 saturated heterocycles. The average Bonchev–Trinajstić information content (AvgIpc) is 3.25. The van der Waals surface area contributed by atoms with E-state index in [9.17, 15) is 30.7 Å². The second-order valence-corrected chi connectivity index (χ2v) is 9.23. The summed E-state index contributed by atoms with van der Waals surface area (Å²) in [6.07, 6.45) is -4.37. The van der Waals surface area contributed by atoms with E-state index in [0.29, 0.717) is 22.7 Å². The Morgan fingerprint density at radius 1 is 0.730 bits per heavy atom. The van der Waals surface area contributed by atoms with Crippen LogP contribution < -0.4 is 4.74 Å². The standard InChI is InChI=1S/C27H14F7NOS/c1-13-2-7-23-24(8-13)37-26(35-23)15-3-5-17(19(28)10-15)14-4-6-18(20(29)9-14)27(33,34)36-16-11-21(30)25(32)22(31)12-16/h2-12H,1H3. The van der Waals surface area contributed by atoms with Crippen LogP contribution in [0.15, 0.2) is 66.7 Å². The molecule has 0 spiro atoms. The fraction of sp³-hybridized carbons (Fsp3) is 0.0741. The molecule has 2 nitrogen and oxygen atoms in total. The molecule has 0 unspecified atom stereocenters. The van der Waals surface area contributed by atoms with E-state index in [-0.39, 0.29) is 23.3 Å². The first-order valence-corrected chi connectivity index (χ1v) is 11.5. The highest BCUT2D eigenvalue weighted by molar-refractivity contribution is 7.21. The second-order valence-electron chi connectivity index (χ2n) is 8.20. The second kappa shape index (κ2) is 9.19. The van der Waals surface area contributed by atoms with Crippen molar-refractivity contribution in [1.29, 1.82) is 0 Å². The highest BCUT2D eigenvalue weighted by Crippen LogP contribution is 2.37. The van der Waals surface area contributed by atoms with E-state index in [2.05, 4.69) is 9.72 Å². The lowest BCUT2D eigenvalue weighted by molar-refractivity contribution is -0.187. The van der Waals surface area contributed by atoms with Gasteiger partial charge in [0.25, 0.3) is 0 Å². The van der Waals surface area contributed by atoms with Crippen LogP contribution in [0.3, 0.4) is 0 Å². The third-order valence-electron chi connectivity index (χ3n) is 5.56. The molecule has 0 fully saturated rings. The maximum Gasteiger partial charge on any atom is 0.429 e. The maximum absolute atomic E-state index is 15.0. The zero-order valence-corrected chi connectivity index (χ0v) is 19.6. The van der Waals surface area contributed by atoms with Crippen molar-refractivity contribution in [1.82, 2.24) is 4.98 Å². The molecule has 0 N–H and O–H groups in total. The number of fused-ring (bicyclic) bond motifs is 1. The van der Waals surface area contributed by atoms with Crippen molar-refractivity contribution in [2.24, 2.45) is 0 Å². The molecular weight excluding hydrogens is 519 g/mol. The van der Waals surface area contributed by atoms with E-state index in [1.54, 1.807) is 6.07 Å². The van der Waals surface area contributed by atoms with Crippen molar-refractivity contribution in [2.45, 2.75) is 13.0 Å². The van der Waals surface area contributed by atoms with E-state index in [1.807, 2.05) is 25.1 Å². The Bertz CT molecular complexity index is 1640. The molecule has 0 amide bonds. The van der Waals surface area contributed by atoms with Crippen molar-refractivity contribution in [3.05, 3.63) is 107 Å². The van der Waals surface area contributed by atoms with Gasteiger partial charge >= 0.3 is 6.11 Å². The maximum atomic E-state index is 15.0. The number of nitrogens with zero attached hydrogens (tertiary/aromatic N) is 1. The van der Waals surface area contributed by atoms with Gasteiger partial charge in [0.2, 0.25) is 0 Å². The molecule has 1 aromatic heterocycles. The van der Waals surface area contributed by atoms with Gasteiger partial charge in [-0.15, -0.1) is 11.3 Å². The molecule has 0 saturated carbocycles. The Morgan fingerprint density at radius 2 is 1.41 bits per heavy atom. The summed E-state index contributed by atoms with van der Waals surface area (Å²) < 4.78 is 104. The summed E-state index contributed by atoms with van der Waals surface area (Å²) in [5, 5.41) is 0.582. The number of rotatable bonds is 5. The number of benzene rings is 4. The number of aryl methyl sites for hydroxylation is 1. The molecule has 5 aromatic rings. The number of hydrogen-bond donors (Lipinski definition) is 0.